The molecule has 2 aromatic rings. The van der Waals surface area contributed by atoms with Crippen LogP contribution in [-0.2, 0) is 4.79 Å². The van der Waals surface area contributed by atoms with E-state index >= 15 is 0 Å². The van der Waals surface area contributed by atoms with Crippen LogP contribution >= 0.6 is 0 Å². The first-order chi connectivity index (χ1) is 11.3. The fourth-order valence-corrected chi connectivity index (χ4v) is 2.26. The second kappa shape index (κ2) is 7.30. The Morgan fingerprint density at radius 3 is 2.25 bits per heavy atom. The molecule has 4 heteroatoms. The van der Waals surface area contributed by atoms with Gasteiger partial charge in [-0.15, -0.1) is 0 Å². The zero-order valence-electron chi connectivity index (χ0n) is 14.7. The summed E-state index contributed by atoms with van der Waals surface area (Å²) in [6.07, 6.45) is 0. The fourth-order valence-electron chi connectivity index (χ4n) is 2.26. The lowest BCUT2D eigenvalue weighted by atomic mass is 9.95. The molecule has 0 fully saturated rings. The summed E-state index contributed by atoms with van der Waals surface area (Å²) >= 11 is 0. The van der Waals surface area contributed by atoms with Crippen LogP contribution in [0.2, 0.25) is 0 Å². The molecule has 0 aliphatic rings. The molecular weight excluding hydrogens is 300 g/mol. The average molecular weight is 324 g/mol. The summed E-state index contributed by atoms with van der Waals surface area (Å²) in [5.74, 6) is -0.168. The minimum atomic E-state index is -0.487. The predicted molar refractivity (Wildman–Crippen MR) is 98.3 cm³/mol. The van der Waals surface area contributed by atoms with Crippen molar-refractivity contribution in [3.63, 3.8) is 0 Å². The molecule has 0 atom stereocenters. The first-order valence-corrected chi connectivity index (χ1v) is 8.11. The summed E-state index contributed by atoms with van der Waals surface area (Å²) in [4.78, 5) is 26.7. The van der Waals surface area contributed by atoms with Gasteiger partial charge in [0.25, 0.3) is 5.91 Å². The number of hydrogen-bond acceptors (Lipinski definition) is 2. The third-order valence-electron chi connectivity index (χ3n) is 3.68. The Kier molecular flexibility index (Phi) is 5.39. The number of carbonyl (C=O) groups excluding carboxylic acids is 2. The summed E-state index contributed by atoms with van der Waals surface area (Å²) in [7, 11) is 0. The van der Waals surface area contributed by atoms with E-state index in [0.717, 1.165) is 5.69 Å². The number of anilines is 2. The van der Waals surface area contributed by atoms with E-state index < -0.39 is 5.41 Å². The number of carbonyl (C=O) groups is 2. The standard InChI is InChI=1S/C20H24N2O2/c1-5-22(17-12-7-6-8-13-17)18(23)15-10-9-11-16(14-15)21-19(24)20(2,3)4/h6-14H,5H2,1-4H3,(H,21,24). The van der Waals surface area contributed by atoms with Crippen LogP contribution in [0.15, 0.2) is 54.6 Å². The number of amides is 2. The molecule has 0 unspecified atom stereocenters. The Labute approximate surface area is 143 Å². The highest BCUT2D eigenvalue weighted by atomic mass is 16.2. The third-order valence-corrected chi connectivity index (χ3v) is 3.68. The highest BCUT2D eigenvalue weighted by Gasteiger charge is 2.22. The van der Waals surface area contributed by atoms with Crippen LogP contribution in [0.25, 0.3) is 0 Å². The van der Waals surface area contributed by atoms with Gasteiger partial charge in [0.15, 0.2) is 0 Å². The van der Waals surface area contributed by atoms with Crippen LogP contribution in [-0.4, -0.2) is 18.4 Å². The highest BCUT2D eigenvalue weighted by Crippen LogP contribution is 2.21. The van der Waals surface area contributed by atoms with Crippen molar-refractivity contribution >= 4 is 23.2 Å². The Balaban J connectivity index is 2.24. The van der Waals surface area contributed by atoms with Gasteiger partial charge in [0.1, 0.15) is 0 Å². The van der Waals surface area contributed by atoms with Gasteiger partial charge in [-0.2, -0.15) is 0 Å². The van der Waals surface area contributed by atoms with Crippen molar-refractivity contribution in [2.75, 3.05) is 16.8 Å². The molecule has 2 amide bonds. The van der Waals surface area contributed by atoms with E-state index in [4.69, 9.17) is 0 Å². The van der Waals surface area contributed by atoms with Gasteiger partial charge in [-0.3, -0.25) is 9.59 Å². The molecule has 2 rings (SSSR count). The van der Waals surface area contributed by atoms with E-state index in [2.05, 4.69) is 5.32 Å². The maximum absolute atomic E-state index is 12.8. The number of hydrogen-bond donors (Lipinski definition) is 1. The van der Waals surface area contributed by atoms with Gasteiger partial charge in [0, 0.05) is 28.9 Å². The first kappa shape index (κ1) is 17.7. The van der Waals surface area contributed by atoms with Gasteiger partial charge in [0.05, 0.1) is 0 Å². The quantitative estimate of drug-likeness (QED) is 0.909. The van der Waals surface area contributed by atoms with Crippen molar-refractivity contribution in [2.24, 2.45) is 5.41 Å². The highest BCUT2D eigenvalue weighted by molar-refractivity contribution is 6.07. The van der Waals surface area contributed by atoms with E-state index in [-0.39, 0.29) is 11.8 Å². The maximum atomic E-state index is 12.8. The molecule has 126 valence electrons. The summed E-state index contributed by atoms with van der Waals surface area (Å²) in [5, 5.41) is 2.86. The van der Waals surface area contributed by atoms with E-state index in [0.29, 0.717) is 17.8 Å². The number of benzene rings is 2. The Hall–Kier alpha value is -2.62. The number of nitrogens with zero attached hydrogens (tertiary/aromatic N) is 1. The van der Waals surface area contributed by atoms with Crippen LogP contribution in [0.1, 0.15) is 38.1 Å². The maximum Gasteiger partial charge on any atom is 0.258 e. The SMILES string of the molecule is CCN(C(=O)c1cccc(NC(=O)C(C)(C)C)c1)c1ccccc1. The Morgan fingerprint density at radius 1 is 1.00 bits per heavy atom. The van der Waals surface area contributed by atoms with Gasteiger partial charge in [-0.1, -0.05) is 45.0 Å². The third kappa shape index (κ3) is 4.22. The van der Waals surface area contributed by atoms with Crippen molar-refractivity contribution < 1.29 is 9.59 Å². The molecule has 0 aromatic heterocycles. The molecular formula is C20H24N2O2. The molecule has 1 N–H and O–H groups in total. The second-order valence-electron chi connectivity index (χ2n) is 6.67. The molecule has 0 radical (unpaired) electrons. The van der Waals surface area contributed by atoms with Crippen molar-refractivity contribution in [3.8, 4) is 0 Å². The lowest BCUT2D eigenvalue weighted by Gasteiger charge is -2.22. The molecule has 2 aromatic carbocycles. The molecule has 4 nitrogen and oxygen atoms in total. The normalized spacial score (nSPS) is 11.0. The fraction of sp³-hybridized carbons (Fsp3) is 0.300. The molecule has 0 saturated heterocycles. The van der Waals surface area contributed by atoms with Crippen LogP contribution < -0.4 is 10.2 Å². The lowest BCUT2D eigenvalue weighted by molar-refractivity contribution is -0.123. The minimum absolute atomic E-state index is 0.0810. The molecule has 0 aliphatic heterocycles. The first-order valence-electron chi connectivity index (χ1n) is 8.11. The molecule has 0 bridgehead atoms. The smallest absolute Gasteiger partial charge is 0.258 e. The second-order valence-corrected chi connectivity index (χ2v) is 6.67. The zero-order chi connectivity index (χ0) is 17.7. The summed E-state index contributed by atoms with van der Waals surface area (Å²) < 4.78 is 0. The van der Waals surface area contributed by atoms with Gasteiger partial charge in [-0.05, 0) is 37.3 Å². The van der Waals surface area contributed by atoms with E-state index in [1.165, 1.54) is 0 Å². The van der Waals surface area contributed by atoms with Crippen LogP contribution in [0.5, 0.6) is 0 Å². The molecule has 0 aliphatic carbocycles. The average Bonchev–Trinajstić information content (AvgIpc) is 2.56. The lowest BCUT2D eigenvalue weighted by Crippen LogP contribution is -2.31. The predicted octanol–water partition coefficient (Wildman–Crippen LogP) is 4.34. The van der Waals surface area contributed by atoms with Gasteiger partial charge in [0.2, 0.25) is 5.91 Å². The summed E-state index contributed by atoms with van der Waals surface area (Å²) in [6.45, 7) is 8.07. The van der Waals surface area contributed by atoms with Crippen LogP contribution in [0.4, 0.5) is 11.4 Å². The molecule has 24 heavy (non-hydrogen) atoms. The monoisotopic (exact) mass is 324 g/mol. The number of rotatable bonds is 4. The molecule has 0 spiro atoms. The van der Waals surface area contributed by atoms with Crippen molar-refractivity contribution in [3.05, 3.63) is 60.2 Å². The van der Waals surface area contributed by atoms with Crippen molar-refractivity contribution in [1.82, 2.24) is 0 Å². The van der Waals surface area contributed by atoms with Crippen LogP contribution in [0, 0.1) is 5.41 Å². The summed E-state index contributed by atoms with van der Waals surface area (Å²) in [5.41, 5.74) is 1.55. The minimum Gasteiger partial charge on any atom is -0.326 e. The van der Waals surface area contributed by atoms with Gasteiger partial charge in [-0.25, -0.2) is 0 Å². The summed E-state index contributed by atoms with van der Waals surface area (Å²) in [6, 6.07) is 16.6. The van der Waals surface area contributed by atoms with Crippen molar-refractivity contribution in [1.29, 1.82) is 0 Å². The Morgan fingerprint density at radius 2 is 1.67 bits per heavy atom. The Bertz CT molecular complexity index is 718. The van der Waals surface area contributed by atoms with E-state index in [1.807, 2.05) is 58.0 Å². The number of nitrogens with one attached hydrogen (secondary N) is 1. The number of para-hydroxylation sites is 1. The zero-order valence-corrected chi connectivity index (χ0v) is 14.7. The van der Waals surface area contributed by atoms with E-state index in [1.54, 1.807) is 29.2 Å². The molecule has 0 saturated carbocycles. The largest absolute Gasteiger partial charge is 0.326 e. The van der Waals surface area contributed by atoms with Crippen molar-refractivity contribution in [2.45, 2.75) is 27.7 Å². The van der Waals surface area contributed by atoms with Gasteiger partial charge < -0.3 is 10.2 Å². The van der Waals surface area contributed by atoms with Gasteiger partial charge >= 0.3 is 0 Å². The topological polar surface area (TPSA) is 49.4 Å². The van der Waals surface area contributed by atoms with Crippen LogP contribution in [0.3, 0.4) is 0 Å². The molecule has 0 heterocycles. The van der Waals surface area contributed by atoms with E-state index in [9.17, 15) is 9.59 Å².